The molecule has 5 nitrogen and oxygen atoms in total. The topological polar surface area (TPSA) is 70.9 Å². The molecule has 2 N–H and O–H groups in total. The van der Waals surface area contributed by atoms with E-state index in [0.29, 0.717) is 17.0 Å². The highest BCUT2D eigenvalue weighted by Crippen LogP contribution is 2.40. The summed E-state index contributed by atoms with van der Waals surface area (Å²) >= 11 is 0. The van der Waals surface area contributed by atoms with Gasteiger partial charge in [0.1, 0.15) is 17.3 Å². The fourth-order valence-electron chi connectivity index (χ4n) is 3.92. The molecule has 3 aromatic carbocycles. The molecule has 4 rings (SSSR count). The van der Waals surface area contributed by atoms with Gasteiger partial charge in [0, 0.05) is 11.3 Å². The Morgan fingerprint density at radius 1 is 1.03 bits per heavy atom. The van der Waals surface area contributed by atoms with Crippen LogP contribution < -0.4 is 5.32 Å². The highest BCUT2D eigenvalue weighted by Gasteiger charge is 2.48. The second kappa shape index (κ2) is 8.07. The van der Waals surface area contributed by atoms with E-state index in [1.807, 2.05) is 43.3 Å². The van der Waals surface area contributed by atoms with Crippen molar-refractivity contribution >= 4 is 23.1 Å². The summed E-state index contributed by atoms with van der Waals surface area (Å²) < 4.78 is 28.7. The number of para-hydroxylation sites is 1. The fourth-order valence-corrected chi connectivity index (χ4v) is 3.92. The van der Waals surface area contributed by atoms with E-state index in [1.54, 1.807) is 19.9 Å². The number of benzene rings is 3. The number of carboxylic acid groups (broad SMARTS) is 1. The number of halogens is 2. The van der Waals surface area contributed by atoms with Crippen molar-refractivity contribution in [3.05, 3.63) is 83.4 Å². The maximum absolute atomic E-state index is 14.4. The van der Waals surface area contributed by atoms with Gasteiger partial charge in [-0.2, -0.15) is 0 Å². The molecule has 0 radical (unpaired) electrons. The summed E-state index contributed by atoms with van der Waals surface area (Å²) in [5.41, 5.74) is 2.69. The van der Waals surface area contributed by atoms with Crippen LogP contribution in [0.15, 0.2) is 65.8 Å². The number of rotatable bonds is 5. The quantitative estimate of drug-likeness (QED) is 0.523. The largest absolute Gasteiger partial charge is 0.478 e. The molecule has 0 spiro atoms. The van der Waals surface area contributed by atoms with Crippen molar-refractivity contribution in [3.8, 4) is 11.1 Å². The lowest BCUT2D eigenvalue weighted by molar-refractivity contribution is -0.152. The summed E-state index contributed by atoms with van der Waals surface area (Å²) in [6.07, 6.45) is -1.18. The van der Waals surface area contributed by atoms with Crippen LogP contribution in [0.2, 0.25) is 0 Å². The third-order valence-electron chi connectivity index (χ3n) is 5.67. The highest BCUT2D eigenvalue weighted by molar-refractivity contribution is 6.12. The minimum absolute atomic E-state index is 0.298. The number of aryl methyl sites for hydroxylation is 1. The predicted octanol–water partition coefficient (Wildman–Crippen LogP) is 5.90. The molecule has 164 valence electrons. The molecular formula is C25H22F2N2O3. The molecule has 0 bridgehead atoms. The Labute approximate surface area is 184 Å². The highest BCUT2D eigenvalue weighted by atomic mass is 19.1. The lowest BCUT2D eigenvalue weighted by atomic mass is 9.78. The van der Waals surface area contributed by atoms with Crippen LogP contribution in [0.4, 0.5) is 20.2 Å². The van der Waals surface area contributed by atoms with Crippen LogP contribution in [0.5, 0.6) is 0 Å². The first-order valence-corrected chi connectivity index (χ1v) is 10.1. The summed E-state index contributed by atoms with van der Waals surface area (Å²) in [4.78, 5) is 16.9. The zero-order valence-corrected chi connectivity index (χ0v) is 17.8. The molecular weight excluding hydrogens is 414 g/mol. The van der Waals surface area contributed by atoms with Crippen molar-refractivity contribution in [2.45, 2.75) is 26.9 Å². The smallest absolute Gasteiger partial charge is 0.348 e. The monoisotopic (exact) mass is 436 g/mol. The van der Waals surface area contributed by atoms with Crippen LogP contribution >= 0.6 is 0 Å². The van der Waals surface area contributed by atoms with Crippen molar-refractivity contribution in [2.75, 3.05) is 5.32 Å². The second-order valence-electron chi connectivity index (χ2n) is 8.29. The molecule has 0 saturated carbocycles. The number of oxime groups is 1. The van der Waals surface area contributed by atoms with Crippen LogP contribution in [-0.2, 0) is 9.63 Å². The first-order valence-electron chi connectivity index (χ1n) is 10.1. The number of carboxylic acids is 1. The van der Waals surface area contributed by atoms with Gasteiger partial charge in [0.25, 0.3) is 0 Å². The number of carbonyl (C=O) groups is 1. The molecule has 0 fully saturated rings. The van der Waals surface area contributed by atoms with E-state index in [0.717, 1.165) is 28.8 Å². The van der Waals surface area contributed by atoms with E-state index in [9.17, 15) is 18.7 Å². The van der Waals surface area contributed by atoms with Crippen LogP contribution in [0, 0.1) is 24.0 Å². The first-order chi connectivity index (χ1) is 15.2. The lowest BCUT2D eigenvalue weighted by Gasteiger charge is -2.25. The number of hydrogen-bond donors (Lipinski definition) is 2. The molecule has 0 aliphatic carbocycles. The van der Waals surface area contributed by atoms with Gasteiger partial charge in [0.05, 0.1) is 11.1 Å². The molecule has 1 aliphatic rings. The number of anilines is 2. The average molecular weight is 436 g/mol. The Morgan fingerprint density at radius 3 is 2.28 bits per heavy atom. The number of hydrogen-bond acceptors (Lipinski definition) is 4. The van der Waals surface area contributed by atoms with Crippen LogP contribution in [0.3, 0.4) is 0 Å². The van der Waals surface area contributed by atoms with E-state index in [4.69, 9.17) is 4.84 Å². The standard InChI is InChI=1S/C25H22F2N2O3/c1-14-12-20(28-21-18(26)10-7-11-19(21)27)17(13-16(14)15-8-5-4-6-9-15)22-25(2,3)23(24(30)31)32-29-22/h4-13,23,28H,1-3H3,(H,30,31). The molecule has 0 aromatic heterocycles. The van der Waals surface area contributed by atoms with Gasteiger partial charge in [-0.1, -0.05) is 41.6 Å². The lowest BCUT2D eigenvalue weighted by Crippen LogP contribution is -2.39. The molecule has 3 aromatic rings. The molecule has 1 unspecified atom stereocenters. The van der Waals surface area contributed by atoms with Crippen molar-refractivity contribution in [1.82, 2.24) is 0 Å². The zero-order valence-electron chi connectivity index (χ0n) is 17.8. The predicted molar refractivity (Wildman–Crippen MR) is 119 cm³/mol. The summed E-state index contributed by atoms with van der Waals surface area (Å²) in [5.74, 6) is -2.63. The van der Waals surface area contributed by atoms with Gasteiger partial charge in [-0.15, -0.1) is 0 Å². The fraction of sp³-hybridized carbons (Fsp3) is 0.200. The van der Waals surface area contributed by atoms with Crippen LogP contribution in [0.25, 0.3) is 11.1 Å². The van der Waals surface area contributed by atoms with Crippen molar-refractivity contribution in [1.29, 1.82) is 0 Å². The summed E-state index contributed by atoms with van der Waals surface area (Å²) in [7, 11) is 0. The van der Waals surface area contributed by atoms with Gasteiger partial charge in [-0.3, -0.25) is 0 Å². The van der Waals surface area contributed by atoms with Gasteiger partial charge >= 0.3 is 5.97 Å². The third kappa shape index (κ3) is 3.70. The number of nitrogens with one attached hydrogen (secondary N) is 1. The maximum Gasteiger partial charge on any atom is 0.348 e. The van der Waals surface area contributed by atoms with Gasteiger partial charge < -0.3 is 15.3 Å². The number of aliphatic carboxylic acids is 1. The van der Waals surface area contributed by atoms with E-state index in [-0.39, 0.29) is 5.69 Å². The average Bonchev–Trinajstić information content (AvgIpc) is 3.06. The van der Waals surface area contributed by atoms with Crippen molar-refractivity contribution < 1.29 is 23.5 Å². The first kappa shape index (κ1) is 21.5. The van der Waals surface area contributed by atoms with Gasteiger partial charge in [0.15, 0.2) is 0 Å². The SMILES string of the molecule is Cc1cc(Nc2c(F)cccc2F)c(C2=NOC(C(=O)O)C2(C)C)cc1-c1ccccc1. The molecule has 7 heteroatoms. The normalized spacial score (nSPS) is 16.9. The Balaban J connectivity index is 1.90. The van der Waals surface area contributed by atoms with Crippen LogP contribution in [0.1, 0.15) is 25.0 Å². The van der Waals surface area contributed by atoms with E-state index >= 15 is 0 Å². The van der Waals surface area contributed by atoms with E-state index in [1.165, 1.54) is 6.07 Å². The molecule has 1 aliphatic heterocycles. The molecule has 0 saturated heterocycles. The van der Waals surface area contributed by atoms with E-state index < -0.39 is 29.1 Å². The Bertz CT molecular complexity index is 1200. The second-order valence-corrected chi connectivity index (χ2v) is 8.29. The van der Waals surface area contributed by atoms with Crippen molar-refractivity contribution in [3.63, 3.8) is 0 Å². The Kier molecular flexibility index (Phi) is 5.42. The zero-order chi connectivity index (χ0) is 23.0. The van der Waals surface area contributed by atoms with E-state index in [2.05, 4.69) is 10.5 Å². The van der Waals surface area contributed by atoms with Gasteiger partial charge in [-0.25, -0.2) is 13.6 Å². The maximum atomic E-state index is 14.4. The molecule has 32 heavy (non-hydrogen) atoms. The summed E-state index contributed by atoms with van der Waals surface area (Å²) in [6, 6.07) is 16.9. The minimum Gasteiger partial charge on any atom is -0.478 e. The molecule has 1 atom stereocenters. The molecule has 1 heterocycles. The number of nitrogens with zero attached hydrogens (tertiary/aromatic N) is 1. The van der Waals surface area contributed by atoms with Gasteiger partial charge in [0.2, 0.25) is 6.10 Å². The summed E-state index contributed by atoms with van der Waals surface area (Å²) in [5, 5.41) is 16.5. The Hall–Kier alpha value is -3.74. The Morgan fingerprint density at radius 2 is 1.69 bits per heavy atom. The van der Waals surface area contributed by atoms with Gasteiger partial charge in [-0.05, 0) is 61.7 Å². The minimum atomic E-state index is -1.18. The van der Waals surface area contributed by atoms with Crippen LogP contribution in [-0.4, -0.2) is 22.9 Å². The molecule has 0 amide bonds. The third-order valence-corrected chi connectivity index (χ3v) is 5.67. The van der Waals surface area contributed by atoms with Crippen molar-refractivity contribution in [2.24, 2.45) is 10.6 Å². The summed E-state index contributed by atoms with van der Waals surface area (Å²) in [6.45, 7) is 5.33.